The van der Waals surface area contributed by atoms with Gasteiger partial charge in [-0.15, -0.1) is 12.4 Å². The molecule has 1 aliphatic carbocycles. The van der Waals surface area contributed by atoms with Gasteiger partial charge in [-0.2, -0.15) is 0 Å². The van der Waals surface area contributed by atoms with Crippen LogP contribution in [0.2, 0.25) is 0 Å². The van der Waals surface area contributed by atoms with Gasteiger partial charge in [0.25, 0.3) is 0 Å². The first kappa shape index (κ1) is 21.9. The second kappa shape index (κ2) is 7.92. The summed E-state index contributed by atoms with van der Waals surface area (Å²) in [5, 5.41) is 6.36. The third-order valence-electron chi connectivity index (χ3n) is 5.83. The summed E-state index contributed by atoms with van der Waals surface area (Å²) in [7, 11) is 0. The van der Waals surface area contributed by atoms with Crippen molar-refractivity contribution >= 4 is 30.1 Å². The van der Waals surface area contributed by atoms with E-state index in [9.17, 15) is 14.4 Å². The molecular weight excluding hydrogens is 366 g/mol. The highest BCUT2D eigenvalue weighted by Gasteiger charge is 2.47. The molecule has 3 amide bonds. The molecule has 3 aliphatic rings. The molecule has 2 atom stereocenters. The predicted molar refractivity (Wildman–Crippen MR) is 106 cm³/mol. The summed E-state index contributed by atoms with van der Waals surface area (Å²) < 4.78 is 0. The number of hydrogen-bond acceptors (Lipinski definition) is 4. The first-order valence-electron chi connectivity index (χ1n) is 9.78. The van der Waals surface area contributed by atoms with Crippen molar-refractivity contribution in [3.63, 3.8) is 0 Å². The van der Waals surface area contributed by atoms with Crippen molar-refractivity contribution in [3.8, 4) is 0 Å². The van der Waals surface area contributed by atoms with Gasteiger partial charge in [0.2, 0.25) is 17.7 Å². The number of carbonyl (C=O) groups is 3. The number of rotatable bonds is 5. The van der Waals surface area contributed by atoms with Crippen LogP contribution in [0.5, 0.6) is 0 Å². The van der Waals surface area contributed by atoms with E-state index in [1.807, 2.05) is 33.8 Å². The van der Waals surface area contributed by atoms with Crippen LogP contribution < -0.4 is 10.6 Å². The highest BCUT2D eigenvalue weighted by Crippen LogP contribution is 2.38. The Morgan fingerprint density at radius 1 is 1.15 bits per heavy atom. The van der Waals surface area contributed by atoms with Gasteiger partial charge in [-0.3, -0.25) is 24.6 Å². The lowest BCUT2D eigenvalue weighted by Crippen LogP contribution is -2.47. The van der Waals surface area contributed by atoms with E-state index < -0.39 is 0 Å². The lowest BCUT2D eigenvalue weighted by atomic mass is 9.81. The Kier molecular flexibility index (Phi) is 6.42. The van der Waals surface area contributed by atoms with Gasteiger partial charge in [-0.25, -0.2) is 0 Å². The standard InChI is InChI=1S/C20H31N3O3.ClH/c1-19(2)12-15(20(3,4)22-19)16(24)21-10-7-11-23-17(25)13-8-5-6-9-14(13)18(23)26;/h12-14,22H,5-11H2,1-4H3,(H,21,24);1H. The van der Waals surface area contributed by atoms with E-state index in [0.29, 0.717) is 19.5 Å². The molecule has 7 heteroatoms. The monoisotopic (exact) mass is 397 g/mol. The minimum Gasteiger partial charge on any atom is -0.352 e. The van der Waals surface area contributed by atoms with Crippen molar-refractivity contribution in [2.45, 2.75) is 70.9 Å². The van der Waals surface area contributed by atoms with E-state index in [1.54, 1.807) is 0 Å². The van der Waals surface area contributed by atoms with Gasteiger partial charge in [0.1, 0.15) is 0 Å². The smallest absolute Gasteiger partial charge is 0.248 e. The Bertz CT molecular complexity index is 633. The molecule has 1 saturated carbocycles. The highest BCUT2D eigenvalue weighted by atomic mass is 35.5. The van der Waals surface area contributed by atoms with Crippen molar-refractivity contribution in [2.24, 2.45) is 11.8 Å². The van der Waals surface area contributed by atoms with Crippen LogP contribution in [0.1, 0.15) is 59.8 Å². The maximum Gasteiger partial charge on any atom is 0.248 e. The number of carbonyl (C=O) groups excluding carboxylic acids is 3. The molecule has 0 aromatic heterocycles. The molecule has 2 unspecified atom stereocenters. The molecule has 27 heavy (non-hydrogen) atoms. The van der Waals surface area contributed by atoms with Gasteiger partial charge in [0.15, 0.2) is 0 Å². The first-order valence-corrected chi connectivity index (χ1v) is 9.78. The van der Waals surface area contributed by atoms with E-state index in [1.165, 1.54) is 4.90 Å². The van der Waals surface area contributed by atoms with Crippen LogP contribution in [0.25, 0.3) is 0 Å². The Balaban J connectivity index is 0.00000261. The Morgan fingerprint density at radius 2 is 1.70 bits per heavy atom. The average Bonchev–Trinajstić information content (AvgIpc) is 2.94. The minimum absolute atomic E-state index is 0. The lowest BCUT2D eigenvalue weighted by molar-refractivity contribution is -0.139. The first-order chi connectivity index (χ1) is 12.1. The number of imide groups is 1. The summed E-state index contributed by atoms with van der Waals surface area (Å²) >= 11 is 0. The van der Waals surface area contributed by atoms with Crippen molar-refractivity contribution < 1.29 is 14.4 Å². The van der Waals surface area contributed by atoms with Crippen molar-refractivity contribution in [2.75, 3.05) is 13.1 Å². The number of halogens is 1. The van der Waals surface area contributed by atoms with E-state index in [0.717, 1.165) is 31.3 Å². The van der Waals surface area contributed by atoms with Gasteiger partial charge in [-0.05, 0) is 47.0 Å². The van der Waals surface area contributed by atoms with Crippen LogP contribution in [-0.2, 0) is 14.4 Å². The van der Waals surface area contributed by atoms with Crippen molar-refractivity contribution in [1.82, 2.24) is 15.5 Å². The summed E-state index contributed by atoms with van der Waals surface area (Å²) in [6.45, 7) is 8.93. The third-order valence-corrected chi connectivity index (χ3v) is 5.83. The Morgan fingerprint density at radius 3 is 2.19 bits per heavy atom. The number of nitrogens with one attached hydrogen (secondary N) is 2. The quantitative estimate of drug-likeness (QED) is 0.550. The van der Waals surface area contributed by atoms with E-state index in [-0.39, 0.29) is 53.0 Å². The predicted octanol–water partition coefficient (Wildman–Crippen LogP) is 2.18. The van der Waals surface area contributed by atoms with Crippen LogP contribution in [0, 0.1) is 11.8 Å². The van der Waals surface area contributed by atoms with Crippen LogP contribution in [-0.4, -0.2) is 46.8 Å². The maximum atomic E-state index is 12.5. The molecule has 152 valence electrons. The van der Waals surface area contributed by atoms with E-state index in [4.69, 9.17) is 0 Å². The summed E-state index contributed by atoms with van der Waals surface area (Å²) in [6.07, 6.45) is 6.33. The number of amides is 3. The zero-order chi connectivity index (χ0) is 19.1. The maximum absolute atomic E-state index is 12.5. The lowest BCUT2D eigenvalue weighted by Gasteiger charge is -2.27. The SMILES string of the molecule is CC1(C)C=C(C(=O)NCCCN2C(=O)C3CCCCC3C2=O)C(C)(C)N1.Cl. The zero-order valence-corrected chi connectivity index (χ0v) is 17.6. The van der Waals surface area contributed by atoms with Crippen LogP contribution >= 0.6 is 12.4 Å². The number of fused-ring (bicyclic) bond motifs is 1. The summed E-state index contributed by atoms with van der Waals surface area (Å²) in [5.41, 5.74) is 0.159. The second-order valence-corrected chi connectivity index (χ2v) is 8.96. The summed E-state index contributed by atoms with van der Waals surface area (Å²) in [6, 6.07) is 0. The molecule has 0 aromatic carbocycles. The molecular formula is C20H32ClN3O3. The Labute approximate surface area is 167 Å². The fraction of sp³-hybridized carbons (Fsp3) is 0.750. The number of likely N-dealkylation sites (tertiary alicyclic amines) is 1. The second-order valence-electron chi connectivity index (χ2n) is 8.96. The molecule has 2 aliphatic heterocycles. The van der Waals surface area contributed by atoms with Crippen LogP contribution in [0.15, 0.2) is 11.6 Å². The van der Waals surface area contributed by atoms with Gasteiger partial charge in [0, 0.05) is 29.7 Å². The average molecular weight is 398 g/mol. The van der Waals surface area contributed by atoms with Gasteiger partial charge in [0.05, 0.1) is 11.8 Å². The fourth-order valence-corrected chi connectivity index (χ4v) is 4.79. The summed E-state index contributed by atoms with van der Waals surface area (Å²) in [5.74, 6) is -0.277. The number of hydrogen-bond donors (Lipinski definition) is 2. The van der Waals surface area contributed by atoms with Crippen molar-refractivity contribution in [1.29, 1.82) is 0 Å². The largest absolute Gasteiger partial charge is 0.352 e. The minimum atomic E-state index is -0.371. The molecule has 0 bridgehead atoms. The topological polar surface area (TPSA) is 78.5 Å². The molecule has 0 spiro atoms. The highest BCUT2D eigenvalue weighted by molar-refractivity contribution is 6.05. The molecule has 2 heterocycles. The Hall–Kier alpha value is -1.40. The van der Waals surface area contributed by atoms with E-state index in [2.05, 4.69) is 10.6 Å². The molecule has 2 fully saturated rings. The normalized spacial score (nSPS) is 28.4. The van der Waals surface area contributed by atoms with Crippen LogP contribution in [0.4, 0.5) is 0 Å². The van der Waals surface area contributed by atoms with E-state index >= 15 is 0 Å². The molecule has 6 nitrogen and oxygen atoms in total. The number of nitrogens with zero attached hydrogens (tertiary/aromatic N) is 1. The molecule has 0 radical (unpaired) electrons. The van der Waals surface area contributed by atoms with Gasteiger partial charge >= 0.3 is 0 Å². The van der Waals surface area contributed by atoms with Gasteiger partial charge < -0.3 is 5.32 Å². The zero-order valence-electron chi connectivity index (χ0n) is 16.8. The third kappa shape index (κ3) is 4.37. The fourth-order valence-electron chi connectivity index (χ4n) is 4.79. The van der Waals surface area contributed by atoms with Crippen LogP contribution in [0.3, 0.4) is 0 Å². The molecule has 3 rings (SSSR count). The molecule has 0 aromatic rings. The van der Waals surface area contributed by atoms with Gasteiger partial charge in [-0.1, -0.05) is 18.9 Å². The molecule has 2 N–H and O–H groups in total. The summed E-state index contributed by atoms with van der Waals surface area (Å²) in [4.78, 5) is 38.8. The molecule has 1 saturated heterocycles. The van der Waals surface area contributed by atoms with Crippen molar-refractivity contribution in [3.05, 3.63) is 11.6 Å².